The maximum absolute atomic E-state index is 13.4. The highest BCUT2D eigenvalue weighted by atomic mass is 32.2. The van der Waals surface area contributed by atoms with Crippen molar-refractivity contribution in [3.05, 3.63) is 89.6 Å². The van der Waals surface area contributed by atoms with E-state index in [1.54, 1.807) is 10.9 Å². The fourth-order valence-corrected chi connectivity index (χ4v) is 5.03. The van der Waals surface area contributed by atoms with Gasteiger partial charge >= 0.3 is 0 Å². The monoisotopic (exact) mass is 498 g/mol. The van der Waals surface area contributed by atoms with Crippen LogP contribution >= 0.6 is 11.8 Å². The molecule has 0 N–H and O–H groups in total. The molecular formula is C26H22N6O3S. The topological polar surface area (TPSA) is 103 Å². The number of thioether (sulfide) groups is 1. The molecule has 4 heterocycles. The number of para-hydroxylation sites is 1. The Balaban J connectivity index is 1.26. The minimum Gasteiger partial charge on any atom is -0.467 e. The predicted molar refractivity (Wildman–Crippen MR) is 135 cm³/mol. The number of hydrogen-bond acceptors (Lipinski definition) is 8. The van der Waals surface area contributed by atoms with Crippen molar-refractivity contribution < 1.29 is 13.6 Å². The van der Waals surface area contributed by atoms with Crippen molar-refractivity contribution in [1.29, 1.82) is 0 Å². The van der Waals surface area contributed by atoms with Crippen molar-refractivity contribution in [2.75, 3.05) is 5.75 Å². The molecule has 9 nitrogen and oxygen atoms in total. The minimum absolute atomic E-state index is 0.110. The lowest BCUT2D eigenvalue weighted by Gasteiger charge is -2.19. The van der Waals surface area contributed by atoms with Crippen LogP contribution in [0.2, 0.25) is 0 Å². The summed E-state index contributed by atoms with van der Waals surface area (Å²) in [5.41, 5.74) is 4.58. The molecule has 36 heavy (non-hydrogen) atoms. The van der Waals surface area contributed by atoms with Gasteiger partial charge in [0.2, 0.25) is 5.16 Å². The summed E-state index contributed by atoms with van der Waals surface area (Å²) in [5.74, 6) is 1.25. The second-order valence-electron chi connectivity index (χ2n) is 8.55. The third-order valence-corrected chi connectivity index (χ3v) is 7.22. The first-order chi connectivity index (χ1) is 17.6. The van der Waals surface area contributed by atoms with Gasteiger partial charge in [-0.2, -0.15) is 9.78 Å². The van der Waals surface area contributed by atoms with E-state index >= 15 is 0 Å². The molecule has 0 radical (unpaired) electrons. The van der Waals surface area contributed by atoms with E-state index in [9.17, 15) is 4.79 Å². The molecule has 1 aliphatic heterocycles. The summed E-state index contributed by atoms with van der Waals surface area (Å²) in [4.78, 5) is 13.4. The Morgan fingerprint density at radius 2 is 2.00 bits per heavy atom. The van der Waals surface area contributed by atoms with Crippen LogP contribution in [0.25, 0.3) is 16.7 Å². The summed E-state index contributed by atoms with van der Waals surface area (Å²) in [7, 11) is 0. The smallest absolute Gasteiger partial charge is 0.253 e. The predicted octanol–water partition coefficient (Wildman–Crippen LogP) is 5.09. The highest BCUT2D eigenvalue weighted by Gasteiger charge is 2.36. The van der Waals surface area contributed by atoms with Crippen LogP contribution in [0.15, 0.2) is 86.0 Å². The maximum atomic E-state index is 13.4. The number of amides is 1. The number of aromatic nitrogens is 4. The lowest BCUT2D eigenvalue weighted by atomic mass is 10.1. The standard InChI is InChI=1S/C26H22N6O3S/c1-16-7-5-9-20(17(16)2)32-26(27-29-30-32)36-15-25(33)31-21(23-11-6-12-34-23)14-19(28-31)24-13-18-8-3-4-10-22(18)35-24/h3-13,21H,14-15H2,1-2H3. The SMILES string of the molecule is Cc1cccc(-n2nnnc2SCC(=O)N2N=C(c3cc4ccccc4o3)CC2c2ccco2)c1C. The summed E-state index contributed by atoms with van der Waals surface area (Å²) in [6, 6.07) is 19.0. The van der Waals surface area contributed by atoms with Gasteiger partial charge in [0.15, 0.2) is 5.76 Å². The van der Waals surface area contributed by atoms with E-state index in [1.165, 1.54) is 16.8 Å². The van der Waals surface area contributed by atoms with Gasteiger partial charge in [0.25, 0.3) is 5.91 Å². The van der Waals surface area contributed by atoms with E-state index in [2.05, 4.69) is 20.6 Å². The maximum Gasteiger partial charge on any atom is 0.253 e. The Hall–Kier alpha value is -4.18. The molecule has 0 fully saturated rings. The number of nitrogens with zero attached hydrogens (tertiary/aromatic N) is 6. The van der Waals surface area contributed by atoms with Gasteiger partial charge in [-0.1, -0.05) is 42.1 Å². The summed E-state index contributed by atoms with van der Waals surface area (Å²) in [6.07, 6.45) is 2.09. The molecule has 1 amide bonds. The first kappa shape index (κ1) is 22.3. The third kappa shape index (κ3) is 3.99. The average molecular weight is 499 g/mol. The number of fused-ring (bicyclic) bond motifs is 1. The van der Waals surface area contributed by atoms with Gasteiger partial charge in [0.05, 0.1) is 17.7 Å². The number of hydrogen-bond donors (Lipinski definition) is 0. The molecule has 180 valence electrons. The fraction of sp³-hybridized carbons (Fsp3) is 0.192. The van der Waals surface area contributed by atoms with E-state index in [4.69, 9.17) is 8.83 Å². The van der Waals surface area contributed by atoms with Crippen molar-refractivity contribution in [2.45, 2.75) is 31.5 Å². The van der Waals surface area contributed by atoms with Crippen LogP contribution in [0.5, 0.6) is 0 Å². The van der Waals surface area contributed by atoms with Crippen molar-refractivity contribution >= 4 is 34.3 Å². The van der Waals surface area contributed by atoms with E-state index in [1.807, 2.05) is 74.5 Å². The number of furan rings is 2. The van der Waals surface area contributed by atoms with Crippen molar-refractivity contribution in [2.24, 2.45) is 5.10 Å². The Bertz CT molecular complexity index is 1550. The van der Waals surface area contributed by atoms with Crippen molar-refractivity contribution in [1.82, 2.24) is 25.2 Å². The van der Waals surface area contributed by atoms with Gasteiger partial charge < -0.3 is 8.83 Å². The number of tetrazole rings is 1. The van der Waals surface area contributed by atoms with Gasteiger partial charge in [-0.25, -0.2) is 5.01 Å². The van der Waals surface area contributed by atoms with E-state index in [-0.39, 0.29) is 17.7 Å². The van der Waals surface area contributed by atoms with E-state index in [0.717, 1.165) is 27.8 Å². The first-order valence-electron chi connectivity index (χ1n) is 11.5. The lowest BCUT2D eigenvalue weighted by Crippen LogP contribution is -2.28. The van der Waals surface area contributed by atoms with Crippen LogP contribution in [-0.2, 0) is 4.79 Å². The van der Waals surface area contributed by atoms with Gasteiger partial charge in [0, 0.05) is 11.8 Å². The van der Waals surface area contributed by atoms with Crippen LogP contribution in [0.1, 0.15) is 35.1 Å². The van der Waals surface area contributed by atoms with Crippen molar-refractivity contribution in [3.63, 3.8) is 0 Å². The molecule has 10 heteroatoms. The fourth-order valence-electron chi connectivity index (χ4n) is 4.29. The Kier molecular flexibility index (Phi) is 5.65. The van der Waals surface area contributed by atoms with Crippen LogP contribution < -0.4 is 0 Å². The number of hydrazone groups is 1. The quantitative estimate of drug-likeness (QED) is 0.301. The highest BCUT2D eigenvalue weighted by Crippen LogP contribution is 2.35. The second kappa shape index (κ2) is 9.12. The molecular weight excluding hydrogens is 476 g/mol. The number of benzene rings is 2. The number of carbonyl (C=O) groups is 1. The Morgan fingerprint density at radius 1 is 1.11 bits per heavy atom. The summed E-state index contributed by atoms with van der Waals surface area (Å²) in [6.45, 7) is 4.07. The van der Waals surface area contributed by atoms with Gasteiger partial charge in [-0.3, -0.25) is 4.79 Å². The molecule has 1 unspecified atom stereocenters. The lowest BCUT2D eigenvalue weighted by molar-refractivity contribution is -0.130. The molecule has 0 saturated carbocycles. The minimum atomic E-state index is -0.355. The van der Waals surface area contributed by atoms with E-state index < -0.39 is 0 Å². The summed E-state index contributed by atoms with van der Waals surface area (Å²) < 4.78 is 13.3. The van der Waals surface area contributed by atoms with Crippen LogP contribution in [0, 0.1) is 13.8 Å². The van der Waals surface area contributed by atoms with E-state index in [0.29, 0.717) is 28.8 Å². The third-order valence-electron chi connectivity index (χ3n) is 6.32. The Labute approximate surface area is 210 Å². The van der Waals surface area contributed by atoms with Gasteiger partial charge in [0.1, 0.15) is 23.1 Å². The zero-order valence-electron chi connectivity index (χ0n) is 19.7. The Morgan fingerprint density at radius 3 is 2.83 bits per heavy atom. The molecule has 1 aliphatic rings. The molecule has 0 aliphatic carbocycles. The number of carbonyl (C=O) groups excluding carboxylic acids is 1. The summed E-state index contributed by atoms with van der Waals surface area (Å²) in [5, 5.41) is 19.8. The zero-order valence-corrected chi connectivity index (χ0v) is 20.5. The van der Waals surface area contributed by atoms with Gasteiger partial charge in [-0.15, -0.1) is 5.10 Å². The first-order valence-corrected chi connectivity index (χ1v) is 12.5. The van der Waals surface area contributed by atoms with Crippen molar-refractivity contribution in [3.8, 4) is 5.69 Å². The second-order valence-corrected chi connectivity index (χ2v) is 9.49. The molecule has 2 aromatic carbocycles. The molecule has 0 spiro atoms. The molecule has 6 rings (SSSR count). The normalized spacial score (nSPS) is 15.6. The molecule has 5 aromatic rings. The van der Waals surface area contributed by atoms with Crippen LogP contribution in [0.3, 0.4) is 0 Å². The summed E-state index contributed by atoms with van der Waals surface area (Å²) >= 11 is 1.27. The average Bonchev–Trinajstić information content (AvgIpc) is 3.69. The zero-order chi connectivity index (χ0) is 24.6. The number of rotatable bonds is 6. The van der Waals surface area contributed by atoms with Crippen LogP contribution in [0.4, 0.5) is 0 Å². The highest BCUT2D eigenvalue weighted by molar-refractivity contribution is 7.99. The molecule has 3 aromatic heterocycles. The molecule has 0 saturated heterocycles. The van der Waals surface area contributed by atoms with Gasteiger partial charge in [-0.05, 0) is 65.7 Å². The number of aryl methyl sites for hydroxylation is 1. The van der Waals surface area contributed by atoms with Crippen LogP contribution in [-0.4, -0.2) is 42.6 Å². The largest absolute Gasteiger partial charge is 0.467 e. The molecule has 0 bridgehead atoms. The molecule has 1 atom stereocenters.